The first-order chi connectivity index (χ1) is 23.5. The second-order valence-electron chi connectivity index (χ2n) is 12.8. The summed E-state index contributed by atoms with van der Waals surface area (Å²) in [6, 6.07) is 14.8. The first-order valence-electron chi connectivity index (χ1n) is 16.7. The van der Waals surface area contributed by atoms with Crippen molar-refractivity contribution in [2.75, 3.05) is 26.4 Å². The summed E-state index contributed by atoms with van der Waals surface area (Å²) in [6.45, 7) is 3.11. The van der Waals surface area contributed by atoms with Crippen LogP contribution in [0.25, 0.3) is 0 Å². The number of benzene rings is 3. The van der Waals surface area contributed by atoms with Gasteiger partial charge in [0.2, 0.25) is 5.91 Å². The zero-order chi connectivity index (χ0) is 35.2. The van der Waals surface area contributed by atoms with E-state index >= 15 is 0 Å². The van der Waals surface area contributed by atoms with Crippen LogP contribution in [0.15, 0.2) is 54.6 Å². The molecule has 0 unspecified atom stereocenters. The second kappa shape index (κ2) is 16.7. The molecule has 0 spiro atoms. The Hall–Kier alpha value is -3.13. The molecule has 5 rings (SSSR count). The van der Waals surface area contributed by atoms with Crippen LogP contribution < -0.4 is 10.1 Å². The number of nitrogens with zero attached hydrogens (tertiary/aromatic N) is 1. The third-order valence-electron chi connectivity index (χ3n) is 9.54. The minimum Gasteiger partial charge on any atom is -0.490 e. The van der Waals surface area contributed by atoms with Gasteiger partial charge in [-0.2, -0.15) is 0 Å². The Morgan fingerprint density at radius 2 is 1.63 bits per heavy atom. The first-order valence-corrected chi connectivity index (χ1v) is 18.0. The molecule has 2 aliphatic heterocycles. The van der Waals surface area contributed by atoms with E-state index in [0.717, 1.165) is 40.5 Å². The zero-order valence-electron chi connectivity index (χ0n) is 28.0. The summed E-state index contributed by atoms with van der Waals surface area (Å²) in [5.74, 6) is -2.56. The number of hydrogen-bond donors (Lipinski definition) is 4. The van der Waals surface area contributed by atoms with Gasteiger partial charge in [0, 0.05) is 44.5 Å². The maximum atomic E-state index is 14.2. The third-order valence-corrected chi connectivity index (χ3v) is 10.4. The molecular weight excluding hydrogens is 657 g/mol. The SMILES string of the molecule is CCc1ccc([C@@H]2O[C@H](SC)[C@@H](O)[C@H](O)[C@H]2O)cc1Cc1ccc(OC2CCN(C(=O)C[C@H](Cc3cc(F)c(F)cc3F)NC)CC2)cc1. The predicted octanol–water partition coefficient (Wildman–Crippen LogP) is 4.69. The van der Waals surface area contributed by atoms with Crippen molar-refractivity contribution in [3.8, 4) is 5.75 Å². The van der Waals surface area contributed by atoms with Gasteiger partial charge in [0.1, 0.15) is 47.5 Å². The van der Waals surface area contributed by atoms with E-state index in [4.69, 9.17) is 9.47 Å². The van der Waals surface area contributed by atoms with E-state index < -0.39 is 53.3 Å². The fourth-order valence-corrected chi connectivity index (χ4v) is 7.24. The summed E-state index contributed by atoms with van der Waals surface area (Å²) in [5, 5.41) is 34.4. The van der Waals surface area contributed by atoms with Crippen molar-refractivity contribution in [1.82, 2.24) is 10.2 Å². The van der Waals surface area contributed by atoms with Gasteiger partial charge < -0.3 is 35.0 Å². The standard InChI is InChI=1S/C37H45F3N2O6S/c1-4-22-7-8-23(36-34(45)33(44)35(46)37(48-36)49-3)16-24(22)15-21-5-9-27(10-6-21)47-28-11-13-42(14-12-28)32(43)19-26(41-2)17-25-18-30(39)31(40)20-29(25)38/h5-10,16,18,20,26,28,33-37,41,44-46H,4,11-15,17,19H2,1-3H3/t26-,33+,34+,35-,36-,37+/m0/s1. The molecule has 266 valence electrons. The Kier molecular flexibility index (Phi) is 12.7. The lowest BCUT2D eigenvalue weighted by atomic mass is 9.90. The number of likely N-dealkylation sites (tertiary alicyclic amines) is 1. The average Bonchev–Trinajstić information content (AvgIpc) is 3.10. The summed E-state index contributed by atoms with van der Waals surface area (Å²) < 4.78 is 53.3. The van der Waals surface area contributed by atoms with Crippen molar-refractivity contribution in [2.24, 2.45) is 0 Å². The van der Waals surface area contributed by atoms with Crippen LogP contribution in [0.5, 0.6) is 5.75 Å². The van der Waals surface area contributed by atoms with E-state index in [1.165, 1.54) is 11.8 Å². The highest BCUT2D eigenvalue weighted by molar-refractivity contribution is 7.99. The molecule has 4 N–H and O–H groups in total. The number of ether oxygens (including phenoxy) is 2. The van der Waals surface area contributed by atoms with Crippen molar-refractivity contribution in [3.05, 3.63) is 99.9 Å². The van der Waals surface area contributed by atoms with Gasteiger partial charge in [-0.1, -0.05) is 37.3 Å². The topological polar surface area (TPSA) is 111 Å². The van der Waals surface area contributed by atoms with Crippen molar-refractivity contribution in [2.45, 2.75) is 87.4 Å². The number of halogens is 3. The fourth-order valence-electron chi connectivity index (χ4n) is 6.57. The van der Waals surface area contributed by atoms with Gasteiger partial charge in [-0.05, 0) is 78.6 Å². The molecule has 8 nitrogen and oxygen atoms in total. The first kappa shape index (κ1) is 37.1. The number of carbonyl (C=O) groups is 1. The number of thioether (sulfide) groups is 1. The van der Waals surface area contributed by atoms with Gasteiger partial charge in [-0.3, -0.25) is 4.79 Å². The van der Waals surface area contributed by atoms with Crippen LogP contribution in [-0.2, 0) is 28.8 Å². The quantitative estimate of drug-likeness (QED) is 0.202. The van der Waals surface area contributed by atoms with Crippen LogP contribution in [-0.4, -0.2) is 88.4 Å². The molecule has 2 fully saturated rings. The molecule has 2 saturated heterocycles. The number of carbonyl (C=O) groups excluding carboxylic acids is 1. The van der Waals surface area contributed by atoms with E-state index in [9.17, 15) is 33.3 Å². The average molecular weight is 703 g/mol. The summed E-state index contributed by atoms with van der Waals surface area (Å²) in [5.41, 5.74) is 3.43. The lowest BCUT2D eigenvalue weighted by molar-refractivity contribution is -0.200. The van der Waals surface area contributed by atoms with Gasteiger partial charge in [0.05, 0.1) is 0 Å². The largest absolute Gasteiger partial charge is 0.490 e. The maximum absolute atomic E-state index is 14.2. The number of nitrogens with one attached hydrogen (secondary N) is 1. The molecule has 0 aromatic heterocycles. The number of likely N-dealkylation sites (N-methyl/N-ethyl adjacent to an activating group) is 1. The number of hydrogen-bond acceptors (Lipinski definition) is 8. The van der Waals surface area contributed by atoms with E-state index in [-0.39, 0.29) is 30.4 Å². The second-order valence-corrected chi connectivity index (χ2v) is 13.7. The minimum absolute atomic E-state index is 0.0176. The molecule has 0 saturated carbocycles. The lowest BCUT2D eigenvalue weighted by Crippen LogP contribution is -2.52. The molecule has 12 heteroatoms. The fraction of sp³-hybridized carbons (Fsp3) is 0.486. The molecule has 2 aliphatic rings. The number of rotatable bonds is 12. The van der Waals surface area contributed by atoms with E-state index in [0.29, 0.717) is 38.4 Å². The summed E-state index contributed by atoms with van der Waals surface area (Å²) in [6.07, 6.45) is 0.153. The van der Waals surface area contributed by atoms with Crippen LogP contribution in [0, 0.1) is 17.5 Å². The monoisotopic (exact) mass is 702 g/mol. The Bertz CT molecular complexity index is 1570. The Morgan fingerprint density at radius 1 is 0.939 bits per heavy atom. The molecule has 3 aromatic rings. The lowest BCUT2D eigenvalue weighted by Gasteiger charge is -2.40. The van der Waals surface area contributed by atoms with Crippen molar-refractivity contribution in [3.63, 3.8) is 0 Å². The van der Waals surface area contributed by atoms with Crippen LogP contribution in [0.4, 0.5) is 13.2 Å². The molecule has 0 bridgehead atoms. The third kappa shape index (κ3) is 8.97. The molecule has 0 radical (unpaired) electrons. The smallest absolute Gasteiger partial charge is 0.224 e. The number of aryl methyl sites for hydroxylation is 1. The number of piperidine rings is 1. The molecule has 3 aromatic carbocycles. The normalized spacial score (nSPS) is 23.8. The number of amides is 1. The highest BCUT2D eigenvalue weighted by Gasteiger charge is 2.44. The van der Waals surface area contributed by atoms with Crippen molar-refractivity contribution >= 4 is 17.7 Å². The molecular formula is C37H45F3N2O6S. The van der Waals surface area contributed by atoms with Gasteiger partial charge in [-0.25, -0.2) is 13.2 Å². The van der Waals surface area contributed by atoms with E-state index in [1.807, 2.05) is 42.5 Å². The molecule has 0 aliphatic carbocycles. The summed E-state index contributed by atoms with van der Waals surface area (Å²) >= 11 is 1.29. The van der Waals surface area contributed by atoms with Gasteiger partial charge in [-0.15, -0.1) is 11.8 Å². The summed E-state index contributed by atoms with van der Waals surface area (Å²) in [4.78, 5) is 14.8. The van der Waals surface area contributed by atoms with Crippen LogP contribution in [0.1, 0.15) is 60.1 Å². The zero-order valence-corrected chi connectivity index (χ0v) is 28.8. The maximum Gasteiger partial charge on any atom is 0.224 e. The highest BCUT2D eigenvalue weighted by atomic mass is 32.2. The van der Waals surface area contributed by atoms with Crippen LogP contribution >= 0.6 is 11.8 Å². The van der Waals surface area contributed by atoms with Crippen molar-refractivity contribution < 1.29 is 42.8 Å². The Morgan fingerprint density at radius 3 is 2.29 bits per heavy atom. The number of aliphatic hydroxyl groups is 3. The molecule has 1 amide bonds. The highest BCUT2D eigenvalue weighted by Crippen LogP contribution is 2.37. The Balaban J connectivity index is 1.14. The summed E-state index contributed by atoms with van der Waals surface area (Å²) in [7, 11) is 1.65. The molecule has 49 heavy (non-hydrogen) atoms. The van der Waals surface area contributed by atoms with Crippen molar-refractivity contribution in [1.29, 1.82) is 0 Å². The number of aliphatic hydroxyl groups excluding tert-OH is 3. The van der Waals surface area contributed by atoms with E-state index in [2.05, 4.69) is 12.2 Å². The minimum atomic E-state index is -1.31. The molecule has 2 heterocycles. The van der Waals surface area contributed by atoms with E-state index in [1.54, 1.807) is 18.2 Å². The molecule has 6 atom stereocenters. The van der Waals surface area contributed by atoms with Crippen LogP contribution in [0.3, 0.4) is 0 Å². The van der Waals surface area contributed by atoms with Gasteiger partial charge >= 0.3 is 0 Å². The van der Waals surface area contributed by atoms with Gasteiger partial charge in [0.15, 0.2) is 11.6 Å². The Labute approximate surface area is 289 Å². The predicted molar refractivity (Wildman–Crippen MR) is 182 cm³/mol. The van der Waals surface area contributed by atoms with Gasteiger partial charge in [0.25, 0.3) is 0 Å². The van der Waals surface area contributed by atoms with Crippen LogP contribution in [0.2, 0.25) is 0 Å².